The molecule has 19 heteroatoms. The van der Waals surface area contributed by atoms with E-state index in [2.05, 4.69) is 65.8 Å². The zero-order valence-electron chi connectivity index (χ0n) is 55.8. The molecule has 0 saturated carbocycles. The number of carbonyl (C=O) groups is 4. The molecule has 0 aliphatic carbocycles. The molecule has 0 heterocycles. The summed E-state index contributed by atoms with van der Waals surface area (Å²) in [5.74, 6) is -0.662. The maximum atomic E-state index is 13.0. The second kappa shape index (κ2) is 59.8. The highest BCUT2D eigenvalue weighted by Crippen LogP contribution is 2.45. The van der Waals surface area contributed by atoms with Crippen LogP contribution in [-0.2, 0) is 65.4 Å². The highest BCUT2D eigenvalue weighted by atomic mass is 31.2. The van der Waals surface area contributed by atoms with Crippen LogP contribution in [0.4, 0.5) is 0 Å². The monoisotopic (exact) mass is 1280 g/mol. The molecule has 0 aromatic carbocycles. The minimum Gasteiger partial charge on any atom is -0.462 e. The maximum Gasteiger partial charge on any atom is 0.472 e. The van der Waals surface area contributed by atoms with Gasteiger partial charge in [0.05, 0.1) is 26.4 Å². The van der Waals surface area contributed by atoms with Crippen LogP contribution >= 0.6 is 15.6 Å². The van der Waals surface area contributed by atoms with E-state index in [0.717, 1.165) is 121 Å². The number of phosphoric acid groups is 2. The molecule has 6 atom stereocenters. The Balaban J connectivity index is 5.19. The van der Waals surface area contributed by atoms with E-state index < -0.39 is 97.5 Å². The molecule has 0 radical (unpaired) electrons. The van der Waals surface area contributed by atoms with Crippen molar-refractivity contribution in [2.24, 2.45) is 11.8 Å². The summed E-state index contributed by atoms with van der Waals surface area (Å²) in [6.45, 7) is 9.33. The van der Waals surface area contributed by atoms with Gasteiger partial charge in [-0.15, -0.1) is 0 Å². The van der Waals surface area contributed by atoms with Gasteiger partial charge in [0.2, 0.25) is 0 Å². The Morgan fingerprint density at radius 3 is 1.03 bits per heavy atom. The van der Waals surface area contributed by atoms with Crippen molar-refractivity contribution in [1.82, 2.24) is 0 Å². The zero-order chi connectivity index (χ0) is 64.3. The molecule has 3 unspecified atom stereocenters. The molecule has 0 aromatic rings. The minimum absolute atomic E-state index is 0.0987. The first kappa shape index (κ1) is 84.5. The average Bonchev–Trinajstić information content (AvgIpc) is 3.70. The Morgan fingerprint density at radius 1 is 0.379 bits per heavy atom. The molecule has 0 spiro atoms. The molecule has 0 bridgehead atoms. The number of ether oxygens (including phenoxy) is 4. The first-order valence-electron chi connectivity index (χ1n) is 34.8. The van der Waals surface area contributed by atoms with Gasteiger partial charge in [-0.1, -0.05) is 265 Å². The molecule has 87 heavy (non-hydrogen) atoms. The van der Waals surface area contributed by atoms with Crippen LogP contribution in [0.1, 0.15) is 318 Å². The second-order valence-corrected chi connectivity index (χ2v) is 27.5. The molecule has 0 saturated heterocycles. The Bertz CT molecular complexity index is 1800. The third-order valence-corrected chi connectivity index (χ3v) is 17.3. The fourth-order valence-corrected chi connectivity index (χ4v) is 11.2. The number of esters is 4. The van der Waals surface area contributed by atoms with Crippen LogP contribution in [0.25, 0.3) is 0 Å². The number of rotatable bonds is 65. The molecular weight excluding hydrogens is 1150 g/mol. The SMILES string of the molecule is CCCCCC/C=C\C=C/CCCCCCCC(=O)OC[C@H](COP(=O)(O)OC[C@@H](O)COP(=O)(O)OC[C@@H](COC(=O)CCCCCCC)OC(=O)CCCCCCCCC(C)C)OC(=O)CCCCCCCCCCCCCCCCC(C)CC. The van der Waals surface area contributed by atoms with Crippen molar-refractivity contribution >= 4 is 39.5 Å². The minimum atomic E-state index is -4.96. The highest BCUT2D eigenvalue weighted by molar-refractivity contribution is 7.47. The zero-order valence-corrected chi connectivity index (χ0v) is 57.6. The number of aliphatic hydroxyl groups excluding tert-OH is 1. The Kier molecular flexibility index (Phi) is 58.1. The number of carbonyl (C=O) groups excluding carboxylic acids is 4. The van der Waals surface area contributed by atoms with Crippen LogP contribution in [0.3, 0.4) is 0 Å². The van der Waals surface area contributed by atoms with Gasteiger partial charge >= 0.3 is 39.5 Å². The van der Waals surface area contributed by atoms with Gasteiger partial charge in [0, 0.05) is 25.7 Å². The van der Waals surface area contributed by atoms with Gasteiger partial charge in [-0.05, 0) is 63.2 Å². The lowest BCUT2D eigenvalue weighted by Crippen LogP contribution is -2.30. The van der Waals surface area contributed by atoms with E-state index in [9.17, 15) is 43.2 Å². The topological polar surface area (TPSA) is 237 Å². The fourth-order valence-electron chi connectivity index (χ4n) is 9.67. The van der Waals surface area contributed by atoms with Gasteiger partial charge < -0.3 is 33.8 Å². The van der Waals surface area contributed by atoms with E-state index in [0.29, 0.717) is 31.6 Å². The normalized spacial score (nSPS) is 14.7. The molecule has 17 nitrogen and oxygen atoms in total. The van der Waals surface area contributed by atoms with Crippen molar-refractivity contribution in [3.05, 3.63) is 24.3 Å². The van der Waals surface area contributed by atoms with Crippen molar-refractivity contribution in [3.63, 3.8) is 0 Å². The lowest BCUT2D eigenvalue weighted by molar-refractivity contribution is -0.161. The maximum absolute atomic E-state index is 13.0. The second-order valence-electron chi connectivity index (χ2n) is 24.6. The largest absolute Gasteiger partial charge is 0.472 e. The van der Waals surface area contributed by atoms with E-state index in [-0.39, 0.29) is 25.7 Å². The number of hydrogen-bond donors (Lipinski definition) is 3. The molecule has 0 fully saturated rings. The van der Waals surface area contributed by atoms with Crippen LogP contribution in [0, 0.1) is 11.8 Å². The summed E-state index contributed by atoms with van der Waals surface area (Å²) < 4.78 is 67.9. The van der Waals surface area contributed by atoms with E-state index in [1.54, 1.807) is 0 Å². The standard InChI is InChI=1S/C68H128O17P2/c1-7-10-12-14-15-16-17-18-19-23-26-29-32-39-45-51-66(71)79-57-64(84-67(72)52-46-40-33-30-27-24-21-20-22-25-28-31-38-43-49-61(6)9-3)59-83-87(76,77)81-55-62(69)54-80-86(74,75)82-58-63(56-78-65(70)50-44-36-13-11-8-2)85-68(73)53-47-41-35-34-37-42-48-60(4)5/h16-19,60-64,69H,7-15,20-59H2,1-6H3,(H,74,75)(H,76,77)/b17-16-,19-18-/t61?,62-,63+,64+/m0/s1. The predicted octanol–water partition coefficient (Wildman–Crippen LogP) is 18.8. The van der Waals surface area contributed by atoms with E-state index >= 15 is 0 Å². The lowest BCUT2D eigenvalue weighted by Gasteiger charge is -2.21. The van der Waals surface area contributed by atoms with Gasteiger partial charge in [-0.25, -0.2) is 9.13 Å². The van der Waals surface area contributed by atoms with Crippen LogP contribution in [0.2, 0.25) is 0 Å². The summed E-state index contributed by atoms with van der Waals surface area (Å²) in [5, 5.41) is 10.5. The summed E-state index contributed by atoms with van der Waals surface area (Å²) in [4.78, 5) is 72.1. The molecule has 0 rings (SSSR count). The molecular formula is C68H128O17P2. The van der Waals surface area contributed by atoms with Crippen LogP contribution in [-0.4, -0.2) is 96.7 Å². The van der Waals surface area contributed by atoms with Crippen molar-refractivity contribution in [2.45, 2.75) is 336 Å². The first-order valence-corrected chi connectivity index (χ1v) is 37.8. The number of phosphoric ester groups is 2. The average molecular weight is 1280 g/mol. The first-order chi connectivity index (χ1) is 41.9. The van der Waals surface area contributed by atoms with Gasteiger partial charge in [-0.2, -0.15) is 0 Å². The Morgan fingerprint density at radius 2 is 0.678 bits per heavy atom. The summed E-state index contributed by atoms with van der Waals surface area (Å²) in [7, 11) is -9.90. The van der Waals surface area contributed by atoms with Gasteiger partial charge in [0.25, 0.3) is 0 Å². The van der Waals surface area contributed by atoms with Crippen LogP contribution < -0.4 is 0 Å². The molecule has 0 aliphatic rings. The smallest absolute Gasteiger partial charge is 0.462 e. The summed E-state index contributed by atoms with van der Waals surface area (Å²) in [6.07, 6.45) is 47.2. The third-order valence-electron chi connectivity index (χ3n) is 15.4. The van der Waals surface area contributed by atoms with Crippen molar-refractivity contribution < 1.29 is 80.2 Å². The van der Waals surface area contributed by atoms with Crippen LogP contribution in [0.5, 0.6) is 0 Å². The van der Waals surface area contributed by atoms with E-state index in [1.165, 1.54) is 109 Å². The van der Waals surface area contributed by atoms with Gasteiger partial charge in [0.15, 0.2) is 12.2 Å². The molecule has 512 valence electrons. The summed E-state index contributed by atoms with van der Waals surface area (Å²) in [5.41, 5.74) is 0. The van der Waals surface area contributed by atoms with Crippen molar-refractivity contribution in [1.29, 1.82) is 0 Å². The van der Waals surface area contributed by atoms with E-state index in [4.69, 9.17) is 37.0 Å². The number of allylic oxidation sites excluding steroid dienone is 4. The fraction of sp³-hybridized carbons (Fsp3) is 0.882. The van der Waals surface area contributed by atoms with Crippen LogP contribution in [0.15, 0.2) is 24.3 Å². The number of unbranched alkanes of at least 4 members (excludes halogenated alkanes) is 31. The molecule has 0 amide bonds. The van der Waals surface area contributed by atoms with Gasteiger partial charge in [-0.3, -0.25) is 37.3 Å². The summed E-state index contributed by atoms with van der Waals surface area (Å²) in [6, 6.07) is 0. The molecule has 0 aliphatic heterocycles. The van der Waals surface area contributed by atoms with Gasteiger partial charge in [0.1, 0.15) is 19.3 Å². The Labute approximate surface area is 529 Å². The predicted molar refractivity (Wildman–Crippen MR) is 349 cm³/mol. The van der Waals surface area contributed by atoms with Crippen molar-refractivity contribution in [2.75, 3.05) is 39.6 Å². The quantitative estimate of drug-likeness (QED) is 0.0169. The third kappa shape index (κ3) is 60.9. The summed E-state index contributed by atoms with van der Waals surface area (Å²) >= 11 is 0. The molecule has 0 aromatic heterocycles. The Hall–Kier alpha value is -2.46. The highest BCUT2D eigenvalue weighted by Gasteiger charge is 2.30. The van der Waals surface area contributed by atoms with E-state index in [1.807, 2.05) is 0 Å². The lowest BCUT2D eigenvalue weighted by atomic mass is 9.99. The number of hydrogen-bond acceptors (Lipinski definition) is 15. The molecule has 3 N–H and O–H groups in total. The van der Waals surface area contributed by atoms with Crippen molar-refractivity contribution in [3.8, 4) is 0 Å². The number of aliphatic hydroxyl groups is 1.